The first-order valence-electron chi connectivity index (χ1n) is 7.21. The zero-order valence-corrected chi connectivity index (χ0v) is 12.6. The molecule has 0 spiro atoms. The summed E-state index contributed by atoms with van der Waals surface area (Å²) in [5, 5.41) is 19.3. The van der Waals surface area contributed by atoms with Gasteiger partial charge in [0.15, 0.2) is 0 Å². The van der Waals surface area contributed by atoms with Gasteiger partial charge in [-0.1, -0.05) is 0 Å². The minimum Gasteiger partial charge on any atom is -0.394 e. The summed E-state index contributed by atoms with van der Waals surface area (Å²) in [6.45, 7) is 3.85. The van der Waals surface area contributed by atoms with E-state index >= 15 is 0 Å². The number of aliphatic hydroxyl groups is 1. The molecular weight excluding hydrogens is 270 g/mol. The average Bonchev–Trinajstić information content (AvgIpc) is 3.04. The summed E-state index contributed by atoms with van der Waals surface area (Å²) in [5.41, 5.74) is 3.99. The largest absolute Gasteiger partial charge is 0.394 e. The minimum atomic E-state index is 0.153. The second kappa shape index (κ2) is 6.08. The number of aromatic nitrogens is 2. The van der Waals surface area contributed by atoms with Gasteiger partial charge in [-0.25, -0.2) is 0 Å². The second-order valence-electron chi connectivity index (χ2n) is 5.35. The fourth-order valence-electron chi connectivity index (χ4n) is 2.92. The molecule has 2 aromatic rings. The van der Waals surface area contributed by atoms with Crippen molar-refractivity contribution >= 4 is 11.3 Å². The summed E-state index contributed by atoms with van der Waals surface area (Å²) in [6, 6.07) is 2.57. The Bertz CT molecular complexity index is 575. The van der Waals surface area contributed by atoms with E-state index in [4.69, 9.17) is 5.11 Å². The molecule has 0 aromatic carbocycles. The van der Waals surface area contributed by atoms with Gasteiger partial charge in [-0.15, -0.1) is 11.3 Å². The second-order valence-corrected chi connectivity index (χ2v) is 6.35. The van der Waals surface area contributed by atoms with Crippen LogP contribution in [0, 0.1) is 6.92 Å². The highest BCUT2D eigenvalue weighted by molar-refractivity contribution is 7.10. The number of fused-ring (bicyclic) bond motifs is 1. The number of hydrogen-bond donors (Lipinski definition) is 2. The molecule has 2 N–H and O–H groups in total. The molecule has 2 heterocycles. The molecule has 1 unspecified atom stereocenters. The zero-order chi connectivity index (χ0) is 13.9. The van der Waals surface area contributed by atoms with E-state index in [9.17, 15) is 0 Å². The van der Waals surface area contributed by atoms with Crippen molar-refractivity contribution in [1.82, 2.24) is 15.1 Å². The van der Waals surface area contributed by atoms with Crippen molar-refractivity contribution in [2.45, 2.75) is 45.3 Å². The van der Waals surface area contributed by atoms with Crippen LogP contribution in [0.2, 0.25) is 0 Å². The van der Waals surface area contributed by atoms with Crippen LogP contribution in [-0.2, 0) is 19.5 Å². The van der Waals surface area contributed by atoms with Crippen LogP contribution in [0.5, 0.6) is 0 Å². The Morgan fingerprint density at radius 1 is 1.55 bits per heavy atom. The van der Waals surface area contributed by atoms with Gasteiger partial charge < -0.3 is 10.4 Å². The molecule has 0 saturated heterocycles. The molecule has 1 atom stereocenters. The summed E-state index contributed by atoms with van der Waals surface area (Å²) >= 11 is 1.82. The third-order valence-corrected chi connectivity index (χ3v) is 5.07. The topological polar surface area (TPSA) is 50.1 Å². The first-order valence-corrected chi connectivity index (χ1v) is 8.09. The molecule has 0 fully saturated rings. The lowest BCUT2D eigenvalue weighted by molar-refractivity contribution is 0.266. The molecule has 0 radical (unpaired) electrons. The van der Waals surface area contributed by atoms with Crippen molar-refractivity contribution in [3.8, 4) is 0 Å². The highest BCUT2D eigenvalue weighted by Crippen LogP contribution is 2.30. The van der Waals surface area contributed by atoms with Crippen molar-refractivity contribution in [3.63, 3.8) is 0 Å². The van der Waals surface area contributed by atoms with Crippen molar-refractivity contribution in [1.29, 1.82) is 0 Å². The molecule has 5 heteroatoms. The van der Waals surface area contributed by atoms with Crippen LogP contribution in [0.4, 0.5) is 0 Å². The standard InChI is InChI=1S/C15H21N3OS/c1-11-5-8-20-15(11)10-16-13-3-2-4-14-12(13)9-17-18(14)6-7-19/h5,8-9,13,16,19H,2-4,6-7,10H2,1H3. The van der Waals surface area contributed by atoms with Crippen LogP contribution >= 0.6 is 11.3 Å². The van der Waals surface area contributed by atoms with E-state index in [1.54, 1.807) is 0 Å². The average molecular weight is 291 g/mol. The Balaban J connectivity index is 1.72. The molecule has 108 valence electrons. The molecule has 0 bridgehead atoms. The maximum atomic E-state index is 9.09. The van der Waals surface area contributed by atoms with Crippen LogP contribution in [0.25, 0.3) is 0 Å². The highest BCUT2D eigenvalue weighted by Gasteiger charge is 2.23. The number of thiophene rings is 1. The van der Waals surface area contributed by atoms with Crippen LogP contribution in [-0.4, -0.2) is 21.5 Å². The summed E-state index contributed by atoms with van der Waals surface area (Å²) in [6.07, 6.45) is 5.40. The van der Waals surface area contributed by atoms with Crippen LogP contribution in [0.15, 0.2) is 17.6 Å². The molecule has 1 aliphatic rings. The van der Waals surface area contributed by atoms with Crippen molar-refractivity contribution < 1.29 is 5.11 Å². The smallest absolute Gasteiger partial charge is 0.0644 e. The SMILES string of the molecule is Cc1ccsc1CNC1CCCc2c1cnn2CCO. The molecule has 4 nitrogen and oxygen atoms in total. The summed E-state index contributed by atoms with van der Waals surface area (Å²) in [5.74, 6) is 0. The fourth-order valence-corrected chi connectivity index (χ4v) is 3.78. The molecule has 20 heavy (non-hydrogen) atoms. The summed E-state index contributed by atoms with van der Waals surface area (Å²) < 4.78 is 1.96. The maximum Gasteiger partial charge on any atom is 0.0644 e. The normalized spacial score (nSPS) is 18.2. The van der Waals surface area contributed by atoms with E-state index < -0.39 is 0 Å². The van der Waals surface area contributed by atoms with Gasteiger partial charge in [-0.3, -0.25) is 4.68 Å². The van der Waals surface area contributed by atoms with Crippen molar-refractivity contribution in [3.05, 3.63) is 39.3 Å². The summed E-state index contributed by atoms with van der Waals surface area (Å²) in [7, 11) is 0. The molecule has 0 aliphatic heterocycles. The Morgan fingerprint density at radius 3 is 3.20 bits per heavy atom. The third kappa shape index (κ3) is 2.66. The number of aliphatic hydroxyl groups excluding tert-OH is 1. The molecule has 0 saturated carbocycles. The van der Waals surface area contributed by atoms with E-state index in [1.807, 2.05) is 22.2 Å². The molecule has 1 aliphatic carbocycles. The monoisotopic (exact) mass is 291 g/mol. The van der Waals surface area contributed by atoms with Crippen LogP contribution < -0.4 is 5.32 Å². The lowest BCUT2D eigenvalue weighted by atomic mass is 9.93. The van der Waals surface area contributed by atoms with Gasteiger partial charge in [0.1, 0.15) is 0 Å². The Kier molecular flexibility index (Phi) is 4.19. The zero-order valence-electron chi connectivity index (χ0n) is 11.8. The minimum absolute atomic E-state index is 0.153. The molecule has 2 aromatic heterocycles. The molecular formula is C15H21N3OS. The van der Waals surface area contributed by atoms with Gasteiger partial charge in [0.05, 0.1) is 19.3 Å². The summed E-state index contributed by atoms with van der Waals surface area (Å²) in [4.78, 5) is 1.42. The Morgan fingerprint density at radius 2 is 2.45 bits per heavy atom. The lowest BCUT2D eigenvalue weighted by Gasteiger charge is -2.24. The van der Waals surface area contributed by atoms with Gasteiger partial charge in [0, 0.05) is 28.7 Å². The quantitative estimate of drug-likeness (QED) is 0.889. The molecule has 0 amide bonds. The lowest BCUT2D eigenvalue weighted by Crippen LogP contribution is -2.25. The highest BCUT2D eigenvalue weighted by atomic mass is 32.1. The fraction of sp³-hybridized carbons (Fsp3) is 0.533. The van der Waals surface area contributed by atoms with Gasteiger partial charge in [0.2, 0.25) is 0 Å². The van der Waals surface area contributed by atoms with Crippen LogP contribution in [0.1, 0.15) is 40.6 Å². The predicted molar refractivity (Wildman–Crippen MR) is 80.9 cm³/mol. The first kappa shape index (κ1) is 13.8. The number of aryl methyl sites for hydroxylation is 1. The van der Waals surface area contributed by atoms with E-state index in [-0.39, 0.29) is 6.61 Å². The van der Waals surface area contributed by atoms with E-state index in [1.165, 1.54) is 34.5 Å². The Labute approximate surface area is 123 Å². The van der Waals surface area contributed by atoms with Crippen molar-refractivity contribution in [2.75, 3.05) is 6.61 Å². The number of rotatable bonds is 5. The number of nitrogens with zero attached hydrogens (tertiary/aromatic N) is 2. The third-order valence-electron chi connectivity index (χ3n) is 4.05. The van der Waals surface area contributed by atoms with Gasteiger partial charge in [0.25, 0.3) is 0 Å². The number of hydrogen-bond acceptors (Lipinski definition) is 4. The van der Waals surface area contributed by atoms with Crippen molar-refractivity contribution in [2.24, 2.45) is 0 Å². The maximum absolute atomic E-state index is 9.09. The number of nitrogens with one attached hydrogen (secondary N) is 1. The Hall–Kier alpha value is -1.17. The molecule has 3 rings (SSSR count). The van der Waals surface area contributed by atoms with E-state index in [0.29, 0.717) is 12.6 Å². The van der Waals surface area contributed by atoms with E-state index in [2.05, 4.69) is 28.8 Å². The van der Waals surface area contributed by atoms with E-state index in [0.717, 1.165) is 13.0 Å². The van der Waals surface area contributed by atoms with Gasteiger partial charge >= 0.3 is 0 Å². The van der Waals surface area contributed by atoms with Gasteiger partial charge in [-0.05, 0) is 43.2 Å². The van der Waals surface area contributed by atoms with Gasteiger partial charge in [-0.2, -0.15) is 5.10 Å². The van der Waals surface area contributed by atoms with Crippen LogP contribution in [0.3, 0.4) is 0 Å². The predicted octanol–water partition coefficient (Wildman–Crippen LogP) is 2.41. The first-order chi connectivity index (χ1) is 9.79.